The molecule has 2 aromatic rings. The number of benzene rings is 2. The summed E-state index contributed by atoms with van der Waals surface area (Å²) in [5.74, 6) is -0.212. The summed E-state index contributed by atoms with van der Waals surface area (Å²) in [6.07, 6.45) is 0.358. The first-order chi connectivity index (χ1) is 12.3. The van der Waals surface area contributed by atoms with Crippen LogP contribution >= 0.6 is 0 Å². The zero-order chi connectivity index (χ0) is 19.2. The zero-order valence-corrected chi connectivity index (χ0v) is 15.6. The lowest BCUT2D eigenvalue weighted by molar-refractivity contribution is -0.132. The van der Waals surface area contributed by atoms with Crippen molar-refractivity contribution in [1.82, 2.24) is 4.90 Å². The first-order valence-corrected chi connectivity index (χ1v) is 9.94. The smallest absolute Gasteiger partial charge is 0.308 e. The Balaban J connectivity index is 2.10. The van der Waals surface area contributed by atoms with Gasteiger partial charge in [0.05, 0.1) is 5.75 Å². The monoisotopic (exact) mass is 379 g/mol. The van der Waals surface area contributed by atoms with E-state index in [4.69, 9.17) is 4.18 Å². The van der Waals surface area contributed by atoms with Crippen molar-refractivity contribution in [3.63, 3.8) is 0 Å². The number of rotatable bonds is 8. The highest BCUT2D eigenvalue weighted by molar-refractivity contribution is 7.87. The minimum absolute atomic E-state index is 0.0248. The van der Waals surface area contributed by atoms with Gasteiger partial charge in [-0.3, -0.25) is 4.79 Å². The van der Waals surface area contributed by atoms with Crippen molar-refractivity contribution >= 4 is 16.0 Å². The van der Waals surface area contributed by atoms with E-state index in [-0.39, 0.29) is 23.2 Å². The van der Waals surface area contributed by atoms with Gasteiger partial charge in [-0.1, -0.05) is 31.2 Å². The van der Waals surface area contributed by atoms with Gasteiger partial charge < -0.3 is 9.08 Å². The lowest BCUT2D eigenvalue weighted by Crippen LogP contribution is -2.29. The summed E-state index contributed by atoms with van der Waals surface area (Å²) in [4.78, 5) is 13.9. The Morgan fingerprint density at radius 3 is 1.92 bits per heavy atom. The van der Waals surface area contributed by atoms with E-state index in [9.17, 15) is 17.6 Å². The van der Waals surface area contributed by atoms with Crippen LogP contribution in [-0.4, -0.2) is 25.0 Å². The van der Waals surface area contributed by atoms with Crippen molar-refractivity contribution in [2.24, 2.45) is 0 Å². The molecule has 7 heteroatoms. The van der Waals surface area contributed by atoms with Crippen LogP contribution in [-0.2, 0) is 28.0 Å². The van der Waals surface area contributed by atoms with Crippen LogP contribution in [0.4, 0.5) is 4.39 Å². The van der Waals surface area contributed by atoms with Crippen LogP contribution in [0.3, 0.4) is 0 Å². The predicted octanol–water partition coefficient (Wildman–Crippen LogP) is 3.49. The number of nitrogens with zero attached hydrogens (tertiary/aromatic N) is 1. The molecule has 0 saturated heterocycles. The van der Waals surface area contributed by atoms with Crippen LogP contribution in [0, 0.1) is 5.82 Å². The van der Waals surface area contributed by atoms with E-state index in [1.54, 1.807) is 48.2 Å². The molecule has 0 heterocycles. The second-order valence-corrected chi connectivity index (χ2v) is 7.66. The van der Waals surface area contributed by atoms with Crippen LogP contribution in [0.2, 0.25) is 0 Å². The van der Waals surface area contributed by atoms with Gasteiger partial charge in [-0.15, -0.1) is 0 Å². The van der Waals surface area contributed by atoms with Crippen molar-refractivity contribution in [3.05, 3.63) is 65.5 Å². The zero-order valence-electron chi connectivity index (χ0n) is 14.8. The van der Waals surface area contributed by atoms with Crippen LogP contribution < -0.4 is 4.18 Å². The molecule has 0 N–H and O–H groups in total. The van der Waals surface area contributed by atoms with Gasteiger partial charge in [0.15, 0.2) is 0 Å². The molecule has 140 valence electrons. The summed E-state index contributed by atoms with van der Waals surface area (Å²) < 4.78 is 41.0. The highest BCUT2D eigenvalue weighted by Gasteiger charge is 2.14. The maximum absolute atomic E-state index is 13.0. The number of hydrogen-bond donors (Lipinski definition) is 0. The molecule has 26 heavy (non-hydrogen) atoms. The van der Waals surface area contributed by atoms with Gasteiger partial charge in [0.1, 0.15) is 11.6 Å². The molecule has 0 spiro atoms. The molecule has 2 aromatic carbocycles. The number of halogens is 1. The normalized spacial score (nSPS) is 11.2. The summed E-state index contributed by atoms with van der Waals surface area (Å²) >= 11 is 0. The van der Waals surface area contributed by atoms with E-state index in [0.29, 0.717) is 19.5 Å². The fourth-order valence-electron chi connectivity index (χ4n) is 2.34. The Kier molecular flexibility index (Phi) is 6.74. The number of hydrogen-bond acceptors (Lipinski definition) is 4. The van der Waals surface area contributed by atoms with E-state index in [0.717, 1.165) is 11.1 Å². The maximum atomic E-state index is 13.0. The topological polar surface area (TPSA) is 63.7 Å². The largest absolute Gasteiger partial charge is 0.382 e. The van der Waals surface area contributed by atoms with Gasteiger partial charge in [-0.2, -0.15) is 8.42 Å². The van der Waals surface area contributed by atoms with Crippen LogP contribution in [0.5, 0.6) is 5.75 Å². The second kappa shape index (κ2) is 8.80. The van der Waals surface area contributed by atoms with Gasteiger partial charge in [-0.05, 0) is 42.3 Å². The lowest BCUT2D eigenvalue weighted by Gasteiger charge is -2.22. The molecule has 0 unspecified atom stereocenters. The third-order valence-electron chi connectivity index (χ3n) is 3.82. The molecule has 5 nitrogen and oxygen atoms in total. The minimum Gasteiger partial charge on any atom is -0.382 e. The molecular weight excluding hydrogens is 357 g/mol. The Labute approximate surface area is 153 Å². The lowest BCUT2D eigenvalue weighted by atomic mass is 10.1. The quantitative estimate of drug-likeness (QED) is 0.659. The molecule has 0 bridgehead atoms. The molecule has 0 fully saturated rings. The van der Waals surface area contributed by atoms with E-state index < -0.39 is 10.1 Å². The Morgan fingerprint density at radius 2 is 1.46 bits per heavy atom. The van der Waals surface area contributed by atoms with Crippen LogP contribution in [0.15, 0.2) is 48.5 Å². The predicted molar refractivity (Wildman–Crippen MR) is 97.5 cm³/mol. The summed E-state index contributed by atoms with van der Waals surface area (Å²) in [7, 11) is -3.57. The molecule has 0 aliphatic rings. The van der Waals surface area contributed by atoms with E-state index in [1.807, 2.05) is 0 Å². The number of amides is 1. The van der Waals surface area contributed by atoms with Gasteiger partial charge in [-0.25, -0.2) is 4.39 Å². The molecule has 0 atom stereocenters. The van der Waals surface area contributed by atoms with E-state index in [2.05, 4.69) is 0 Å². The van der Waals surface area contributed by atoms with E-state index >= 15 is 0 Å². The average Bonchev–Trinajstić information content (AvgIpc) is 2.63. The Morgan fingerprint density at radius 1 is 0.962 bits per heavy atom. The standard InChI is InChI=1S/C19H22FNO4S/c1-3-19(22)21(13-15-5-9-17(20)10-6-15)14-16-7-11-18(12-8-16)25-26(23,24)4-2/h5-12H,3-4,13-14H2,1-2H3. The fourth-order valence-corrected chi connectivity index (χ4v) is 2.86. The number of carbonyl (C=O) groups excluding carboxylic acids is 1. The SMILES string of the molecule is CCC(=O)N(Cc1ccc(F)cc1)Cc1ccc(OS(=O)(=O)CC)cc1. The van der Waals surface area contributed by atoms with Gasteiger partial charge in [0.2, 0.25) is 5.91 Å². The summed E-state index contributed by atoms with van der Waals surface area (Å²) in [5, 5.41) is 0. The van der Waals surface area contributed by atoms with Crippen molar-refractivity contribution in [1.29, 1.82) is 0 Å². The van der Waals surface area contributed by atoms with Crippen molar-refractivity contribution in [2.45, 2.75) is 33.4 Å². The number of carbonyl (C=O) groups is 1. The highest BCUT2D eigenvalue weighted by atomic mass is 32.2. The molecule has 0 aliphatic carbocycles. The molecule has 1 amide bonds. The third kappa shape index (κ3) is 5.84. The van der Waals surface area contributed by atoms with E-state index in [1.165, 1.54) is 19.1 Å². The molecular formula is C19H22FNO4S. The average molecular weight is 379 g/mol. The van der Waals surface area contributed by atoms with Crippen molar-refractivity contribution < 1.29 is 21.8 Å². The van der Waals surface area contributed by atoms with Crippen molar-refractivity contribution in [3.8, 4) is 5.75 Å². The molecule has 0 aliphatic heterocycles. The highest BCUT2D eigenvalue weighted by Crippen LogP contribution is 2.17. The van der Waals surface area contributed by atoms with Crippen molar-refractivity contribution in [2.75, 3.05) is 5.75 Å². The summed E-state index contributed by atoms with van der Waals surface area (Å²) in [6, 6.07) is 12.6. The first kappa shape index (κ1) is 19.9. The van der Waals surface area contributed by atoms with Gasteiger partial charge in [0, 0.05) is 19.5 Å². The third-order valence-corrected chi connectivity index (χ3v) is 4.97. The fraction of sp³-hybridized carbons (Fsp3) is 0.316. The summed E-state index contributed by atoms with van der Waals surface area (Å²) in [6.45, 7) is 4.03. The van der Waals surface area contributed by atoms with Crippen LogP contribution in [0.1, 0.15) is 31.4 Å². The molecule has 0 aromatic heterocycles. The Hall–Kier alpha value is -2.41. The van der Waals surface area contributed by atoms with Crippen LogP contribution in [0.25, 0.3) is 0 Å². The molecule has 0 radical (unpaired) electrons. The molecule has 2 rings (SSSR count). The summed E-state index contributed by atoms with van der Waals surface area (Å²) in [5.41, 5.74) is 1.68. The van der Waals surface area contributed by atoms with Gasteiger partial charge in [0.25, 0.3) is 0 Å². The minimum atomic E-state index is -3.57. The second-order valence-electron chi connectivity index (χ2n) is 5.80. The Bertz CT molecular complexity index is 833. The maximum Gasteiger partial charge on any atom is 0.308 e. The molecule has 0 saturated carbocycles. The first-order valence-electron chi connectivity index (χ1n) is 8.36. The van der Waals surface area contributed by atoms with Gasteiger partial charge >= 0.3 is 10.1 Å².